The minimum Gasteiger partial charge on any atom is -0.312 e. The summed E-state index contributed by atoms with van der Waals surface area (Å²) in [5.41, 5.74) is -2.40. The van der Waals surface area contributed by atoms with Gasteiger partial charge in [-0.05, 0) is 54.7 Å². The van der Waals surface area contributed by atoms with Crippen molar-refractivity contribution < 1.29 is 42.8 Å². The second-order valence-electron chi connectivity index (χ2n) is 15.4. The van der Waals surface area contributed by atoms with Crippen LogP contribution in [0.5, 0.6) is 0 Å². The predicted molar refractivity (Wildman–Crippen MR) is 252 cm³/mol. The molecule has 0 atom stereocenters. The largest absolute Gasteiger partial charge is 0.416 e. The standard InChI is InChI=1S/C16H17F3N2O3S.C15H17ClN2O3S.C15H17FN2O3S/c1-2-3-8-21-9-7-20-14(15(21)22)25(23,24)11-12-5-4-6-13(10-12)16(17,18)19;1-2-3-9-18-10-8-17-14(15(18)19)22(20,21)11-12-4-6-13(16)7-5-12;1-2-3-9-18-10-8-17-14(15(18)19)22(20,21)11-12-6-4-5-7-13(12)16/h4-7,9-10H,2-3,8,11H2,1H3;2*4-8,10H,2-3,9,11H2,1H3. The molecule has 0 radical (unpaired) electrons. The molecule has 3 aromatic carbocycles. The van der Waals surface area contributed by atoms with Gasteiger partial charge in [0.15, 0.2) is 0 Å². The molecule has 0 amide bonds. The predicted octanol–water partition coefficient (Wildman–Crippen LogP) is 7.86. The first-order valence-corrected chi connectivity index (χ1v) is 26.9. The van der Waals surface area contributed by atoms with Gasteiger partial charge in [0.25, 0.3) is 16.7 Å². The maximum atomic E-state index is 13.6. The molecule has 0 bridgehead atoms. The van der Waals surface area contributed by atoms with Crippen LogP contribution in [0, 0.1) is 5.82 Å². The number of aromatic nitrogens is 6. The quantitative estimate of drug-likeness (QED) is 0.0754. The molecule has 0 fully saturated rings. The minimum atomic E-state index is -4.57. The van der Waals surface area contributed by atoms with Crippen molar-refractivity contribution in [2.45, 2.75) is 117 Å². The van der Waals surface area contributed by atoms with E-state index in [9.17, 15) is 57.2 Å². The van der Waals surface area contributed by atoms with E-state index in [1.165, 1.54) is 75.1 Å². The molecule has 0 saturated carbocycles. The van der Waals surface area contributed by atoms with Gasteiger partial charge < -0.3 is 13.7 Å². The van der Waals surface area contributed by atoms with Crippen LogP contribution in [-0.4, -0.2) is 53.9 Å². The van der Waals surface area contributed by atoms with Gasteiger partial charge in [0.05, 0.1) is 22.8 Å². The van der Waals surface area contributed by atoms with Crippen LogP contribution < -0.4 is 16.7 Å². The molecule has 3 heterocycles. The Hall–Kier alpha value is -5.84. The molecule has 6 aromatic rings. The summed E-state index contributed by atoms with van der Waals surface area (Å²) in [6.07, 6.45) is 8.51. The molecule has 0 aliphatic heterocycles. The zero-order valence-corrected chi connectivity index (χ0v) is 41.1. The molecule has 15 nitrogen and oxygen atoms in total. The van der Waals surface area contributed by atoms with E-state index in [1.807, 2.05) is 20.8 Å². The Bertz CT molecular complexity index is 3200. The molecule has 0 unspecified atom stereocenters. The Morgan fingerprint density at radius 3 is 1.35 bits per heavy atom. The van der Waals surface area contributed by atoms with Crippen molar-refractivity contribution >= 4 is 41.1 Å². The van der Waals surface area contributed by atoms with Gasteiger partial charge in [-0.3, -0.25) is 14.4 Å². The zero-order chi connectivity index (χ0) is 51.0. The summed E-state index contributed by atoms with van der Waals surface area (Å²) in [6, 6.07) is 16.1. The Kier molecular flexibility index (Phi) is 20.3. The molecule has 0 saturated heterocycles. The fourth-order valence-corrected chi connectivity index (χ4v) is 10.6. The molecule has 0 spiro atoms. The average molecular weight is 1040 g/mol. The van der Waals surface area contributed by atoms with E-state index < -0.39 is 90.3 Å². The number of benzene rings is 3. The van der Waals surface area contributed by atoms with Gasteiger partial charge in [-0.1, -0.05) is 100 Å². The zero-order valence-electron chi connectivity index (χ0n) is 37.8. The fraction of sp³-hybridized carbons (Fsp3) is 0.348. The molecule has 6 rings (SSSR count). The monoisotopic (exact) mass is 1040 g/mol. The number of nitrogens with zero attached hydrogens (tertiary/aromatic N) is 6. The first kappa shape index (κ1) is 55.8. The topological polar surface area (TPSA) is 207 Å². The summed E-state index contributed by atoms with van der Waals surface area (Å²) < 4.78 is 130. The van der Waals surface area contributed by atoms with E-state index in [0.717, 1.165) is 50.3 Å². The Balaban J connectivity index is 0.000000226. The normalized spacial score (nSPS) is 11.8. The number of hydrogen-bond donors (Lipinski definition) is 0. The molecule has 0 N–H and O–H groups in total. The van der Waals surface area contributed by atoms with Crippen LogP contribution in [0.1, 0.15) is 81.5 Å². The van der Waals surface area contributed by atoms with Gasteiger partial charge in [-0.2, -0.15) is 13.2 Å². The van der Waals surface area contributed by atoms with Gasteiger partial charge in [0.1, 0.15) is 5.82 Å². The van der Waals surface area contributed by atoms with Gasteiger partial charge in [0, 0.05) is 67.4 Å². The number of alkyl halides is 3. The number of sulfone groups is 3. The summed E-state index contributed by atoms with van der Waals surface area (Å²) in [6.45, 7) is 7.18. The highest BCUT2D eigenvalue weighted by Crippen LogP contribution is 2.30. The van der Waals surface area contributed by atoms with Crippen molar-refractivity contribution in [2.24, 2.45) is 0 Å². The molecule has 23 heteroatoms. The maximum Gasteiger partial charge on any atom is 0.416 e. The third-order valence-electron chi connectivity index (χ3n) is 9.97. The van der Waals surface area contributed by atoms with Crippen molar-refractivity contribution in [3.8, 4) is 0 Å². The molecule has 3 aromatic heterocycles. The van der Waals surface area contributed by atoms with Crippen LogP contribution >= 0.6 is 11.6 Å². The van der Waals surface area contributed by atoms with E-state index in [2.05, 4.69) is 15.0 Å². The average Bonchev–Trinajstić information content (AvgIpc) is 3.29. The van der Waals surface area contributed by atoms with Crippen molar-refractivity contribution in [3.63, 3.8) is 0 Å². The first-order valence-electron chi connectivity index (χ1n) is 21.5. The highest BCUT2D eigenvalue weighted by atomic mass is 35.5. The van der Waals surface area contributed by atoms with E-state index in [-0.39, 0.29) is 16.9 Å². The molecule has 69 heavy (non-hydrogen) atoms. The second kappa shape index (κ2) is 25.1. The summed E-state index contributed by atoms with van der Waals surface area (Å²) >= 11 is 5.78. The van der Waals surface area contributed by atoms with Crippen LogP contribution in [0.3, 0.4) is 0 Å². The summed E-state index contributed by atoms with van der Waals surface area (Å²) in [4.78, 5) is 47.9. The van der Waals surface area contributed by atoms with Crippen LogP contribution in [0.2, 0.25) is 5.02 Å². The maximum absolute atomic E-state index is 13.6. The molecular weight excluding hydrogens is 988 g/mol. The number of unbranched alkanes of at least 4 members (excludes halogenated alkanes) is 3. The van der Waals surface area contributed by atoms with Gasteiger partial charge >= 0.3 is 6.18 Å². The van der Waals surface area contributed by atoms with Crippen molar-refractivity contribution in [2.75, 3.05) is 0 Å². The van der Waals surface area contributed by atoms with Gasteiger partial charge in [-0.15, -0.1) is 0 Å². The fourth-order valence-electron chi connectivity index (χ4n) is 6.32. The lowest BCUT2D eigenvalue weighted by Crippen LogP contribution is -2.28. The van der Waals surface area contributed by atoms with Crippen LogP contribution in [-0.2, 0) is 72.6 Å². The van der Waals surface area contributed by atoms with Gasteiger partial charge in [0.2, 0.25) is 44.6 Å². The SMILES string of the molecule is CCCCn1ccnc(S(=O)(=O)Cc2ccc(Cl)cc2)c1=O.CCCCn1ccnc(S(=O)(=O)Cc2cccc(C(F)(F)F)c2)c1=O.CCCCn1ccnc(S(=O)(=O)Cc2ccccc2F)c1=O. The molecule has 0 aliphatic carbocycles. The first-order chi connectivity index (χ1) is 32.5. The summed E-state index contributed by atoms with van der Waals surface area (Å²) in [7, 11) is -12.0. The highest BCUT2D eigenvalue weighted by molar-refractivity contribution is 7.91. The minimum absolute atomic E-state index is 0.0210. The Morgan fingerprint density at radius 1 is 0.536 bits per heavy atom. The van der Waals surface area contributed by atoms with Gasteiger partial charge in [-0.25, -0.2) is 44.6 Å². The van der Waals surface area contributed by atoms with Crippen LogP contribution in [0.25, 0.3) is 0 Å². The third kappa shape index (κ3) is 16.1. The number of hydrogen-bond acceptors (Lipinski definition) is 12. The third-order valence-corrected chi connectivity index (χ3v) is 14.9. The Labute approximate surface area is 402 Å². The number of halogens is 5. The van der Waals surface area contributed by atoms with E-state index >= 15 is 0 Å². The van der Waals surface area contributed by atoms with Crippen molar-refractivity contribution in [1.29, 1.82) is 0 Å². The number of rotatable bonds is 18. The molecular formula is C46H51ClF4N6O9S3. The van der Waals surface area contributed by atoms with E-state index in [0.29, 0.717) is 36.6 Å². The Morgan fingerprint density at radius 2 is 0.942 bits per heavy atom. The van der Waals surface area contributed by atoms with E-state index in [4.69, 9.17) is 11.6 Å². The molecule has 372 valence electrons. The lowest BCUT2D eigenvalue weighted by atomic mass is 10.1. The lowest BCUT2D eigenvalue weighted by Gasteiger charge is -2.10. The number of aryl methyl sites for hydroxylation is 3. The van der Waals surface area contributed by atoms with Crippen molar-refractivity contribution in [3.05, 3.63) is 174 Å². The van der Waals surface area contributed by atoms with Crippen LogP contribution in [0.4, 0.5) is 17.6 Å². The molecule has 0 aliphatic rings. The summed E-state index contributed by atoms with van der Waals surface area (Å²) in [5.74, 6) is -2.20. The van der Waals surface area contributed by atoms with E-state index in [1.54, 1.807) is 30.3 Å². The smallest absolute Gasteiger partial charge is 0.312 e. The lowest BCUT2D eigenvalue weighted by molar-refractivity contribution is -0.137. The van der Waals surface area contributed by atoms with Crippen molar-refractivity contribution in [1.82, 2.24) is 28.7 Å². The highest BCUT2D eigenvalue weighted by Gasteiger charge is 2.31. The second-order valence-corrected chi connectivity index (χ2v) is 21.6. The van der Waals surface area contributed by atoms with Crippen LogP contribution in [0.15, 0.2) is 139 Å². The summed E-state index contributed by atoms with van der Waals surface area (Å²) in [5, 5.41) is -1.06.